The van der Waals surface area contributed by atoms with Crippen LogP contribution in [0.3, 0.4) is 0 Å². The van der Waals surface area contributed by atoms with Crippen LogP contribution in [0.25, 0.3) is 5.32 Å². The van der Waals surface area contributed by atoms with Crippen LogP contribution in [0.2, 0.25) is 0 Å². The number of carbonyl (C=O) groups is 11. The largest absolute Gasteiger partial charge is 0.642 e. The number of Topliss-reactive ketones (excluding diaryl/α,β-unsaturated/α-hetero) is 1. The molecule has 4 atom stereocenters. The molecule has 113 heavy (non-hydrogen) atoms. The van der Waals surface area contributed by atoms with Crippen LogP contribution >= 0.6 is 7.92 Å². The number of phenolic OH excluding ortho intramolecular Hbond substituents is 1. The number of aliphatic carboxylic acids is 1. The van der Waals surface area contributed by atoms with E-state index in [9.17, 15) is 57.8 Å². The van der Waals surface area contributed by atoms with Gasteiger partial charge < -0.3 is 114 Å². The van der Waals surface area contributed by atoms with Crippen molar-refractivity contribution in [1.82, 2.24) is 56.2 Å². The number of aromatic nitrogens is 1. The second-order valence-corrected chi connectivity index (χ2v) is 27.7. The van der Waals surface area contributed by atoms with Crippen LogP contribution < -0.4 is 78.6 Å². The molecule has 40 heteroatoms. The summed E-state index contributed by atoms with van der Waals surface area (Å²) in [7, 11) is -1.61. The fraction of sp³-hybridized carbons (Fsp3) is 0.438. The maximum absolute atomic E-state index is 13.9. The smallest absolute Gasteiger partial charge is 0.282 e. The Morgan fingerprint density at radius 3 is 1.43 bits per heavy atom. The average molecular weight is 1680 g/mol. The molecule has 2 heterocycles. The zero-order chi connectivity index (χ0) is 82.9. The van der Waals surface area contributed by atoms with Crippen LogP contribution in [0.1, 0.15) is 92.4 Å². The SMILES string of the molecule is CC(=O)C[C@@H]1NC(=O)CNC(=O)[C@H](CCCN=C(N)N)NC(=O)[C@H](CCCCNC(=O)c2ccc(N=[N+]=[Tc])nc2)NC(=O)[C@@H](Cc2ccc(O)cc2)NC1=O.O=C(NCCOCCO)c1ccc([PH+](c2ccc(C(=O)NCCOCCO)cc2)c2ccc(C(=O)NCCOCCO)cc2)cc1.O=C(O)C[N-]C(CO)(CO)CO. The van der Waals surface area contributed by atoms with E-state index in [1.165, 1.54) is 31.3 Å². The van der Waals surface area contributed by atoms with Gasteiger partial charge in [-0.2, -0.15) is 0 Å². The van der Waals surface area contributed by atoms with Gasteiger partial charge in [-0.05, 0) is 117 Å². The van der Waals surface area contributed by atoms with Crippen molar-refractivity contribution in [3.63, 3.8) is 0 Å². The number of hydrogen-bond donors (Lipinski definition) is 19. The van der Waals surface area contributed by atoms with Crippen molar-refractivity contribution in [2.45, 2.75) is 81.6 Å². The van der Waals surface area contributed by atoms with Gasteiger partial charge in [-0.1, -0.05) is 17.7 Å². The first kappa shape index (κ1) is 95.0. The number of phenols is 1. The van der Waals surface area contributed by atoms with Crippen molar-refractivity contribution in [3.8, 4) is 5.75 Å². The molecule has 0 aliphatic carbocycles. The van der Waals surface area contributed by atoms with E-state index in [2.05, 4.69) is 71.7 Å². The number of rotatable bonds is 42. The molecule has 0 saturated carbocycles. The molecular formula is C73H100N16O22PTc+. The van der Waals surface area contributed by atoms with E-state index >= 15 is 0 Å². The number of carboxylic acids is 1. The number of unbranched alkanes of at least 4 members (excludes halogenated alkanes) is 1. The summed E-state index contributed by atoms with van der Waals surface area (Å²) in [5, 5.41) is 105. The molecule has 6 rings (SSSR count). The fourth-order valence-electron chi connectivity index (χ4n) is 10.3. The van der Waals surface area contributed by atoms with Crippen LogP contribution in [-0.2, 0) is 72.9 Å². The number of carboxylic acid groups (broad SMARTS) is 1. The van der Waals surface area contributed by atoms with E-state index in [0.717, 1.165) is 15.9 Å². The zero-order valence-electron chi connectivity index (χ0n) is 62.2. The first-order chi connectivity index (χ1) is 54.3. The Morgan fingerprint density at radius 1 is 0.566 bits per heavy atom. The van der Waals surface area contributed by atoms with E-state index in [0.29, 0.717) is 85.9 Å². The fourth-order valence-corrected chi connectivity index (χ4v) is 13.0. The van der Waals surface area contributed by atoms with Gasteiger partial charge in [-0.15, -0.1) is 0 Å². The topological polar surface area (TPSA) is 603 Å². The molecule has 0 bridgehead atoms. The second kappa shape index (κ2) is 53.6. The number of ketones is 1. The summed E-state index contributed by atoms with van der Waals surface area (Å²) in [4.78, 5) is 148. The quantitative estimate of drug-likeness (QED) is 0.00437. The summed E-state index contributed by atoms with van der Waals surface area (Å²) < 4.78 is 19.2. The Kier molecular flexibility index (Phi) is 45.1. The van der Waals surface area contributed by atoms with Gasteiger partial charge in [0.25, 0.3) is 23.7 Å². The predicted molar refractivity (Wildman–Crippen MR) is 410 cm³/mol. The number of ether oxygens (including phenoxy) is 3. The number of nitrogens with zero attached hydrogens (tertiary/aromatic N) is 5. The Balaban J connectivity index is 0.000000419. The third kappa shape index (κ3) is 36.4. The number of guanidine groups is 1. The molecule has 5 aromatic rings. The van der Waals surface area contributed by atoms with E-state index in [1.54, 1.807) is 73.3 Å². The van der Waals surface area contributed by atoms with Crippen LogP contribution in [-0.4, -0.2) is 272 Å². The molecule has 1 saturated heterocycles. The minimum absolute atomic E-state index is 0.0268. The standard InChI is InChI=1S/C34H45N12O8.C33H42N3O9P.C6H12NO5.Tc/c1-19(47)15-25-32(53)45-26(16-20-7-10-22(48)11-8-20)33(54)44-24(5-2-3-13-38-29(50)21-9-12-27(46-37)40-17-21)31(52)43-23(6-4-14-39-34(35)36)30(51)41-18-28(49)42-25;37-16-22-43-19-13-34-31(40)25-1-7-28(8-2-25)46(29-9-3-26(4-10-29)32(41)35-14-20-44-23-17-38)30-11-5-27(6-12-30)33(42)36-15-21-45-24-18-39;8-2-6(3-9,4-10)7-1-5(11)12;/h7-12,17,23-26,48H,2-6,13-16,18H2,1H3,(H,38,50)(H,41,51)(H,42,49)(H,43,52)(H,44,54)(H,45,53)(H4,35,36,39);1-12,37-39H,13-24H2,(H,34,40)(H,35,41)(H,36,42);8-10H,1-4H2,(H,11,12);/q-1;;-1;+2/p+1/t23-,24-,25-,26+;;;/m0.../s1. The van der Waals surface area contributed by atoms with Gasteiger partial charge in [0.05, 0.1) is 73.9 Å². The molecule has 1 aliphatic heterocycles. The molecular weight excluding hydrogens is 1580 g/mol. The summed E-state index contributed by atoms with van der Waals surface area (Å²) in [6, 6.07) is 26.0. The molecule has 9 amide bonds. The van der Waals surface area contributed by atoms with Gasteiger partial charge in [-0.3, -0.25) is 52.9 Å². The summed E-state index contributed by atoms with van der Waals surface area (Å²) >= 11 is 1.71. The number of carbonyl (C=O) groups excluding carboxylic acids is 10. The molecule has 0 radical (unpaired) electrons. The molecule has 38 nitrogen and oxygen atoms in total. The minimum Gasteiger partial charge on any atom is -0.642 e. The molecule has 1 fully saturated rings. The van der Waals surface area contributed by atoms with Crippen molar-refractivity contribution in [3.05, 3.63) is 149 Å². The number of benzene rings is 4. The van der Waals surface area contributed by atoms with Gasteiger partial charge in [0.2, 0.25) is 29.5 Å². The first-order valence-corrected chi connectivity index (χ1v) is 38.1. The van der Waals surface area contributed by atoms with Gasteiger partial charge >= 0.3 is 104 Å². The number of aliphatic imine (C=N–C) groups is 1. The molecule has 21 N–H and O–H groups in total. The Morgan fingerprint density at radius 2 is 1.00 bits per heavy atom. The van der Waals surface area contributed by atoms with Crippen molar-refractivity contribution in [2.75, 3.05) is 125 Å². The van der Waals surface area contributed by atoms with Gasteiger partial charge in [0, 0.05) is 75.5 Å². The predicted octanol–water partition coefficient (Wildman–Crippen LogP) is -4.53. The minimum atomic E-state index is -1.61. The number of nitrogens with two attached hydrogens (primary N) is 2. The number of hydrogen-bond acceptors (Lipinski definition) is 24. The molecule has 4 aromatic carbocycles. The van der Waals surface area contributed by atoms with Gasteiger partial charge in [-0.25, -0.2) is 0 Å². The van der Waals surface area contributed by atoms with E-state index in [-0.39, 0.29) is 114 Å². The third-order valence-corrected chi connectivity index (χ3v) is 19.1. The average Bonchev–Trinajstić information content (AvgIpc) is 0.811. The summed E-state index contributed by atoms with van der Waals surface area (Å²) in [5.74, 6) is -6.41. The van der Waals surface area contributed by atoms with E-state index in [1.807, 2.05) is 36.4 Å². The van der Waals surface area contributed by atoms with Gasteiger partial charge in [0.15, 0.2) is 5.96 Å². The molecule has 0 unspecified atom stereocenters. The number of nitrogens with one attached hydrogen (secondary N) is 9. The molecule has 615 valence electrons. The monoisotopic (exact) mass is 1680 g/mol. The Bertz CT molecular complexity index is 3740. The number of aliphatic hydroxyl groups is 6. The second-order valence-electron chi connectivity index (χ2n) is 24.9. The number of amides is 9. The van der Waals surface area contributed by atoms with Crippen LogP contribution in [0.15, 0.2) is 125 Å². The summed E-state index contributed by atoms with van der Waals surface area (Å²) in [6.07, 6.45) is 1.93. The van der Waals surface area contributed by atoms with Crippen LogP contribution in [0.4, 0.5) is 5.82 Å². The van der Waals surface area contributed by atoms with Crippen LogP contribution in [0, 0.1) is 0 Å². The van der Waals surface area contributed by atoms with E-state index in [4.69, 9.17) is 61.4 Å². The normalized spacial score (nSPS) is 15.1. The summed E-state index contributed by atoms with van der Waals surface area (Å²) in [5.41, 5.74) is 11.7. The molecule has 0 spiro atoms. The molecule has 1 aliphatic rings. The number of pyridine rings is 1. The summed E-state index contributed by atoms with van der Waals surface area (Å²) in [6.45, 7) is 1.00. The van der Waals surface area contributed by atoms with Crippen molar-refractivity contribution >= 4 is 101 Å². The Hall–Kier alpha value is -10.3. The van der Waals surface area contributed by atoms with Crippen LogP contribution in [0.5, 0.6) is 5.75 Å². The van der Waals surface area contributed by atoms with E-state index < -0.39 is 118 Å². The zero-order valence-corrected chi connectivity index (χ0v) is 65.1. The maximum atomic E-state index is 13.9. The first-order valence-electron chi connectivity index (χ1n) is 35.7. The maximum Gasteiger partial charge on any atom is 0.282 e. The third-order valence-electron chi connectivity index (χ3n) is 16.2. The Labute approximate surface area is 662 Å². The number of aromatic hydroxyl groups is 1. The molecule has 1 aromatic heterocycles. The number of aliphatic hydroxyl groups excluding tert-OH is 6. The van der Waals surface area contributed by atoms with Gasteiger partial charge in [0.1, 0.15) is 51.6 Å². The van der Waals surface area contributed by atoms with Crippen molar-refractivity contribution in [1.29, 1.82) is 0 Å². The van der Waals surface area contributed by atoms with Crippen molar-refractivity contribution in [2.24, 2.45) is 21.6 Å². The van der Waals surface area contributed by atoms with Crippen molar-refractivity contribution < 1.29 is 127 Å².